The van der Waals surface area contributed by atoms with Gasteiger partial charge in [-0.05, 0) is 32.0 Å². The third-order valence-corrected chi connectivity index (χ3v) is 3.00. The minimum absolute atomic E-state index is 0.0927. The van der Waals surface area contributed by atoms with Crippen molar-refractivity contribution in [1.82, 2.24) is 19.6 Å². The minimum atomic E-state index is 0.0927. The summed E-state index contributed by atoms with van der Waals surface area (Å²) in [6, 6.07) is 8.00. The highest BCUT2D eigenvalue weighted by molar-refractivity contribution is 5.68. The summed E-state index contributed by atoms with van der Waals surface area (Å²) in [5, 5.41) is 7.75. The Balaban J connectivity index is 1.93. The van der Waals surface area contributed by atoms with Crippen molar-refractivity contribution in [3.8, 4) is 0 Å². The largest absolute Gasteiger partial charge is 0.360 e. The molecule has 0 bridgehead atoms. The lowest BCUT2D eigenvalue weighted by atomic mass is 10.2. The summed E-state index contributed by atoms with van der Waals surface area (Å²) in [6.45, 7) is 4.04. The van der Waals surface area contributed by atoms with E-state index in [1.54, 1.807) is 12.4 Å². The second-order valence-corrected chi connectivity index (χ2v) is 4.51. The first-order valence-corrected chi connectivity index (χ1v) is 6.22. The molecule has 1 N–H and O–H groups in total. The van der Waals surface area contributed by atoms with Crippen LogP contribution in [0.3, 0.4) is 0 Å². The van der Waals surface area contributed by atoms with Crippen molar-refractivity contribution in [1.29, 1.82) is 0 Å². The topological polar surface area (TPSA) is 55.1 Å². The molecule has 0 amide bonds. The van der Waals surface area contributed by atoms with Gasteiger partial charge in [-0.25, -0.2) is 9.50 Å². The lowest BCUT2D eigenvalue weighted by Gasteiger charge is -2.14. The van der Waals surface area contributed by atoms with Crippen molar-refractivity contribution in [2.24, 2.45) is 0 Å². The smallest absolute Gasteiger partial charge is 0.152 e. The molecule has 5 heteroatoms. The molecule has 0 saturated heterocycles. The van der Waals surface area contributed by atoms with Crippen LogP contribution in [0.15, 0.2) is 42.9 Å². The van der Waals surface area contributed by atoms with E-state index in [1.165, 1.54) is 0 Å². The molecule has 1 atom stereocenters. The Morgan fingerprint density at radius 2 is 2.11 bits per heavy atom. The monoisotopic (exact) mass is 253 g/mol. The summed E-state index contributed by atoms with van der Waals surface area (Å²) < 4.78 is 1.83. The van der Waals surface area contributed by atoms with Gasteiger partial charge in [0, 0.05) is 18.6 Å². The highest BCUT2D eigenvalue weighted by Crippen LogP contribution is 2.20. The van der Waals surface area contributed by atoms with E-state index in [0.29, 0.717) is 0 Å². The fourth-order valence-corrected chi connectivity index (χ4v) is 2.07. The lowest BCUT2D eigenvalue weighted by Crippen LogP contribution is -2.10. The molecule has 0 fully saturated rings. The Hall–Kier alpha value is -2.43. The normalized spacial score (nSPS) is 12.5. The highest BCUT2D eigenvalue weighted by Gasteiger charge is 2.10. The van der Waals surface area contributed by atoms with Gasteiger partial charge < -0.3 is 5.32 Å². The molecule has 19 heavy (non-hydrogen) atoms. The molecule has 1 unspecified atom stereocenters. The SMILES string of the molecule is Cc1cc2c(NC(C)c3ccccn3)nccn2n1. The Morgan fingerprint density at radius 1 is 1.21 bits per heavy atom. The number of nitrogens with zero attached hydrogens (tertiary/aromatic N) is 4. The minimum Gasteiger partial charge on any atom is -0.360 e. The maximum absolute atomic E-state index is 4.39. The second-order valence-electron chi connectivity index (χ2n) is 4.51. The maximum atomic E-state index is 4.39. The van der Waals surface area contributed by atoms with Crippen molar-refractivity contribution in [2.75, 3.05) is 5.32 Å². The fourth-order valence-electron chi connectivity index (χ4n) is 2.07. The van der Waals surface area contributed by atoms with Crippen LogP contribution in [0.4, 0.5) is 5.82 Å². The molecule has 3 aromatic heterocycles. The van der Waals surface area contributed by atoms with E-state index < -0.39 is 0 Å². The number of aryl methyl sites for hydroxylation is 1. The summed E-state index contributed by atoms with van der Waals surface area (Å²) in [4.78, 5) is 8.73. The first-order chi connectivity index (χ1) is 9.24. The molecule has 0 aromatic carbocycles. The number of fused-ring (bicyclic) bond motifs is 1. The van der Waals surface area contributed by atoms with Gasteiger partial charge in [0.1, 0.15) is 5.52 Å². The van der Waals surface area contributed by atoms with Gasteiger partial charge in [0.15, 0.2) is 5.82 Å². The van der Waals surface area contributed by atoms with Crippen LogP contribution in [0.5, 0.6) is 0 Å². The van der Waals surface area contributed by atoms with Crippen LogP contribution in [0, 0.1) is 6.92 Å². The summed E-state index contributed by atoms with van der Waals surface area (Å²) in [5.41, 5.74) is 2.94. The van der Waals surface area contributed by atoms with Crippen LogP contribution >= 0.6 is 0 Å². The molecular formula is C14H15N5. The molecule has 0 aliphatic heterocycles. The molecule has 3 rings (SSSR count). The molecule has 3 aromatic rings. The van der Waals surface area contributed by atoms with Gasteiger partial charge >= 0.3 is 0 Å². The molecular weight excluding hydrogens is 238 g/mol. The summed E-state index contributed by atoms with van der Waals surface area (Å²) in [6.07, 6.45) is 5.39. The van der Waals surface area contributed by atoms with Crippen LogP contribution in [0.1, 0.15) is 24.4 Å². The molecule has 3 heterocycles. The summed E-state index contributed by atoms with van der Waals surface area (Å²) >= 11 is 0. The van der Waals surface area contributed by atoms with E-state index >= 15 is 0 Å². The quantitative estimate of drug-likeness (QED) is 0.779. The van der Waals surface area contributed by atoms with Crippen LogP contribution < -0.4 is 5.32 Å². The van der Waals surface area contributed by atoms with Gasteiger partial charge in [-0.15, -0.1) is 0 Å². The van der Waals surface area contributed by atoms with Crippen LogP contribution in [0.2, 0.25) is 0 Å². The Kier molecular flexibility index (Phi) is 2.87. The molecule has 5 nitrogen and oxygen atoms in total. The van der Waals surface area contributed by atoms with Crippen molar-refractivity contribution < 1.29 is 0 Å². The standard InChI is InChI=1S/C14H15N5/c1-10-9-13-14(16-7-8-19(13)18-10)17-11(2)12-5-3-4-6-15-12/h3-9,11H,1-2H3,(H,16,17). The summed E-state index contributed by atoms with van der Waals surface area (Å²) in [5.74, 6) is 0.821. The van der Waals surface area contributed by atoms with Gasteiger partial charge in [-0.3, -0.25) is 4.98 Å². The van der Waals surface area contributed by atoms with E-state index in [9.17, 15) is 0 Å². The number of rotatable bonds is 3. The zero-order valence-electron chi connectivity index (χ0n) is 10.9. The number of pyridine rings is 1. The predicted molar refractivity (Wildman–Crippen MR) is 74.0 cm³/mol. The van der Waals surface area contributed by atoms with Gasteiger partial charge in [-0.1, -0.05) is 6.07 Å². The van der Waals surface area contributed by atoms with E-state index in [2.05, 4.69) is 27.3 Å². The average molecular weight is 253 g/mol. The van der Waals surface area contributed by atoms with Crippen LogP contribution in [0.25, 0.3) is 5.52 Å². The number of aromatic nitrogens is 4. The van der Waals surface area contributed by atoms with Crippen molar-refractivity contribution in [3.05, 3.63) is 54.2 Å². The fraction of sp³-hybridized carbons (Fsp3) is 0.214. The van der Waals surface area contributed by atoms with Gasteiger partial charge in [0.25, 0.3) is 0 Å². The van der Waals surface area contributed by atoms with E-state index in [1.807, 2.05) is 41.9 Å². The zero-order valence-corrected chi connectivity index (χ0v) is 10.9. The zero-order chi connectivity index (χ0) is 13.2. The first-order valence-electron chi connectivity index (χ1n) is 6.22. The van der Waals surface area contributed by atoms with E-state index in [-0.39, 0.29) is 6.04 Å². The molecule has 0 aliphatic carbocycles. The molecule has 0 aliphatic rings. The maximum Gasteiger partial charge on any atom is 0.152 e. The molecule has 0 spiro atoms. The van der Waals surface area contributed by atoms with E-state index in [4.69, 9.17) is 0 Å². The van der Waals surface area contributed by atoms with Crippen molar-refractivity contribution in [3.63, 3.8) is 0 Å². The van der Waals surface area contributed by atoms with Crippen molar-refractivity contribution >= 4 is 11.3 Å². The van der Waals surface area contributed by atoms with Crippen molar-refractivity contribution in [2.45, 2.75) is 19.9 Å². The third-order valence-electron chi connectivity index (χ3n) is 3.00. The van der Waals surface area contributed by atoms with Gasteiger partial charge in [0.2, 0.25) is 0 Å². The highest BCUT2D eigenvalue weighted by atomic mass is 15.2. The molecule has 96 valence electrons. The first kappa shape index (κ1) is 11.6. The Bertz CT molecular complexity index is 689. The Labute approximate surface area is 111 Å². The molecule has 0 saturated carbocycles. The van der Waals surface area contributed by atoms with Crippen LogP contribution in [-0.4, -0.2) is 19.6 Å². The third kappa shape index (κ3) is 2.27. The van der Waals surface area contributed by atoms with E-state index in [0.717, 1.165) is 22.7 Å². The predicted octanol–water partition coefficient (Wildman–Crippen LogP) is 2.61. The number of anilines is 1. The number of hydrogen-bond donors (Lipinski definition) is 1. The molecule has 0 radical (unpaired) electrons. The summed E-state index contributed by atoms with van der Waals surface area (Å²) in [7, 11) is 0. The van der Waals surface area contributed by atoms with Gasteiger partial charge in [0.05, 0.1) is 17.4 Å². The second kappa shape index (κ2) is 4.68. The Morgan fingerprint density at radius 3 is 2.89 bits per heavy atom. The number of hydrogen-bond acceptors (Lipinski definition) is 4. The lowest BCUT2D eigenvalue weighted by molar-refractivity contribution is 0.828. The average Bonchev–Trinajstić information content (AvgIpc) is 2.81. The van der Waals surface area contributed by atoms with Gasteiger partial charge in [-0.2, -0.15) is 5.10 Å². The van der Waals surface area contributed by atoms with Crippen LogP contribution in [-0.2, 0) is 0 Å². The number of nitrogens with one attached hydrogen (secondary N) is 1.